The second-order valence-electron chi connectivity index (χ2n) is 7.47. The highest BCUT2D eigenvalue weighted by Crippen LogP contribution is 2.27. The maximum Gasteiger partial charge on any atom is 0.261 e. The van der Waals surface area contributed by atoms with E-state index < -0.39 is 6.04 Å². The number of nitrogens with one attached hydrogen (secondary N) is 1. The molecule has 0 aliphatic carbocycles. The molecule has 31 heavy (non-hydrogen) atoms. The SMILES string of the molecule is CCCNC(=O)[C@@H](CC)N(Cc1c(Cl)cccc1Cl)C(=O)COc1ccc(C)c(C)c1. The Morgan fingerprint density at radius 2 is 1.74 bits per heavy atom. The molecule has 0 bridgehead atoms. The summed E-state index contributed by atoms with van der Waals surface area (Å²) in [6.07, 6.45) is 1.26. The topological polar surface area (TPSA) is 58.6 Å². The molecule has 0 heterocycles. The van der Waals surface area contributed by atoms with E-state index in [1.165, 1.54) is 4.90 Å². The van der Waals surface area contributed by atoms with Gasteiger partial charge in [-0.25, -0.2) is 0 Å². The fourth-order valence-corrected chi connectivity index (χ4v) is 3.69. The third kappa shape index (κ3) is 6.88. The highest BCUT2D eigenvalue weighted by atomic mass is 35.5. The maximum atomic E-state index is 13.2. The van der Waals surface area contributed by atoms with E-state index in [4.69, 9.17) is 27.9 Å². The van der Waals surface area contributed by atoms with Gasteiger partial charge in [0, 0.05) is 28.7 Å². The summed E-state index contributed by atoms with van der Waals surface area (Å²) in [6, 6.07) is 10.2. The van der Waals surface area contributed by atoms with Gasteiger partial charge >= 0.3 is 0 Å². The molecule has 168 valence electrons. The van der Waals surface area contributed by atoms with Crippen molar-refractivity contribution in [1.29, 1.82) is 0 Å². The van der Waals surface area contributed by atoms with Crippen LogP contribution in [0.25, 0.3) is 0 Å². The molecule has 0 saturated heterocycles. The highest BCUT2D eigenvalue weighted by molar-refractivity contribution is 6.36. The first kappa shape index (κ1) is 25.0. The monoisotopic (exact) mass is 464 g/mol. The Labute approximate surface area is 194 Å². The number of benzene rings is 2. The van der Waals surface area contributed by atoms with Gasteiger partial charge in [0.15, 0.2) is 6.61 Å². The number of nitrogens with zero attached hydrogens (tertiary/aromatic N) is 1. The molecule has 1 N–H and O–H groups in total. The fraction of sp³-hybridized carbons (Fsp3) is 0.417. The van der Waals surface area contributed by atoms with Crippen LogP contribution in [0.1, 0.15) is 43.4 Å². The van der Waals surface area contributed by atoms with Crippen molar-refractivity contribution in [3.8, 4) is 5.75 Å². The number of hydrogen-bond donors (Lipinski definition) is 1. The van der Waals surface area contributed by atoms with Gasteiger partial charge in [0.05, 0.1) is 0 Å². The zero-order valence-corrected chi connectivity index (χ0v) is 20.0. The van der Waals surface area contributed by atoms with Crippen molar-refractivity contribution in [3.05, 3.63) is 63.1 Å². The van der Waals surface area contributed by atoms with Crippen molar-refractivity contribution in [2.75, 3.05) is 13.2 Å². The average molecular weight is 465 g/mol. The zero-order valence-electron chi connectivity index (χ0n) is 18.5. The summed E-state index contributed by atoms with van der Waals surface area (Å²) in [7, 11) is 0. The summed E-state index contributed by atoms with van der Waals surface area (Å²) >= 11 is 12.7. The smallest absolute Gasteiger partial charge is 0.261 e. The molecule has 1 atom stereocenters. The van der Waals surface area contributed by atoms with E-state index >= 15 is 0 Å². The summed E-state index contributed by atoms with van der Waals surface area (Å²) in [5, 5.41) is 3.78. The molecule has 0 aliphatic heterocycles. The number of ether oxygens (including phenoxy) is 1. The van der Waals surface area contributed by atoms with Gasteiger partial charge in [-0.3, -0.25) is 9.59 Å². The number of halogens is 2. The van der Waals surface area contributed by atoms with E-state index in [1.807, 2.05) is 45.9 Å². The van der Waals surface area contributed by atoms with Gasteiger partial charge in [-0.15, -0.1) is 0 Å². The summed E-state index contributed by atoms with van der Waals surface area (Å²) < 4.78 is 5.75. The summed E-state index contributed by atoms with van der Waals surface area (Å²) in [6.45, 7) is 8.32. The number of rotatable bonds is 10. The van der Waals surface area contributed by atoms with E-state index in [9.17, 15) is 9.59 Å². The van der Waals surface area contributed by atoms with E-state index in [2.05, 4.69) is 5.32 Å². The fourth-order valence-electron chi connectivity index (χ4n) is 3.17. The average Bonchev–Trinajstić information content (AvgIpc) is 2.74. The molecule has 2 aromatic rings. The van der Waals surface area contributed by atoms with Crippen molar-refractivity contribution < 1.29 is 14.3 Å². The second-order valence-corrected chi connectivity index (χ2v) is 8.29. The largest absolute Gasteiger partial charge is 0.484 e. The minimum Gasteiger partial charge on any atom is -0.484 e. The first-order valence-corrected chi connectivity index (χ1v) is 11.2. The van der Waals surface area contributed by atoms with Crippen LogP contribution in [0.5, 0.6) is 5.75 Å². The molecular formula is C24H30Cl2N2O3. The molecular weight excluding hydrogens is 435 g/mol. The Bertz CT molecular complexity index is 897. The van der Waals surface area contributed by atoms with Crippen molar-refractivity contribution in [2.24, 2.45) is 0 Å². The Hall–Kier alpha value is -2.24. The van der Waals surface area contributed by atoms with Gasteiger partial charge in [-0.05, 0) is 62.1 Å². The second kappa shape index (κ2) is 12.0. The van der Waals surface area contributed by atoms with Gasteiger partial charge in [-0.2, -0.15) is 0 Å². The molecule has 0 aromatic heterocycles. The Morgan fingerprint density at radius 1 is 1.06 bits per heavy atom. The first-order chi connectivity index (χ1) is 14.8. The third-order valence-electron chi connectivity index (χ3n) is 5.17. The number of hydrogen-bond acceptors (Lipinski definition) is 3. The predicted molar refractivity (Wildman–Crippen MR) is 126 cm³/mol. The lowest BCUT2D eigenvalue weighted by Crippen LogP contribution is -2.50. The molecule has 0 radical (unpaired) electrons. The molecule has 0 spiro atoms. The summed E-state index contributed by atoms with van der Waals surface area (Å²) in [5.74, 6) is 0.0930. The van der Waals surface area contributed by atoms with E-state index in [-0.39, 0.29) is 25.0 Å². The van der Waals surface area contributed by atoms with Crippen molar-refractivity contribution in [2.45, 2.75) is 53.1 Å². The molecule has 7 heteroatoms. The normalized spacial score (nSPS) is 11.7. The number of carbonyl (C=O) groups excluding carboxylic acids is 2. The van der Waals surface area contributed by atoms with Crippen LogP contribution in [-0.2, 0) is 16.1 Å². The third-order valence-corrected chi connectivity index (χ3v) is 5.87. The summed E-state index contributed by atoms with van der Waals surface area (Å²) in [4.78, 5) is 27.5. The van der Waals surface area contributed by atoms with E-state index in [1.54, 1.807) is 18.2 Å². The molecule has 2 aromatic carbocycles. The van der Waals surface area contributed by atoms with Gasteiger partial charge < -0.3 is 15.0 Å². The van der Waals surface area contributed by atoms with Gasteiger partial charge in [0.25, 0.3) is 5.91 Å². The minimum absolute atomic E-state index is 0.117. The number of aryl methyl sites for hydroxylation is 2. The lowest BCUT2D eigenvalue weighted by molar-refractivity contribution is -0.143. The van der Waals surface area contributed by atoms with Crippen molar-refractivity contribution in [3.63, 3.8) is 0 Å². The van der Waals surface area contributed by atoms with Gasteiger partial charge in [0.1, 0.15) is 11.8 Å². The predicted octanol–water partition coefficient (Wildman–Crippen LogP) is 5.32. The molecule has 2 rings (SSSR count). The highest BCUT2D eigenvalue weighted by Gasteiger charge is 2.29. The molecule has 2 amide bonds. The molecule has 0 fully saturated rings. The minimum atomic E-state index is -0.658. The standard InChI is InChI=1S/C24H30Cl2N2O3/c1-5-12-27-24(30)22(6-2)28(14-19-20(25)8-7-9-21(19)26)23(29)15-31-18-11-10-16(3)17(4)13-18/h7-11,13,22H,5-6,12,14-15H2,1-4H3,(H,27,30)/t22-/m1/s1. The van der Waals surface area contributed by atoms with Gasteiger partial charge in [0.2, 0.25) is 5.91 Å². The van der Waals surface area contributed by atoms with Crippen molar-refractivity contribution >= 4 is 35.0 Å². The first-order valence-electron chi connectivity index (χ1n) is 10.5. The van der Waals surface area contributed by atoms with Crippen LogP contribution in [0.2, 0.25) is 10.0 Å². The van der Waals surface area contributed by atoms with Crippen LogP contribution in [0.15, 0.2) is 36.4 Å². The van der Waals surface area contributed by atoms with Crippen molar-refractivity contribution in [1.82, 2.24) is 10.2 Å². The molecule has 0 saturated carbocycles. The van der Waals surface area contributed by atoms with E-state index in [0.29, 0.717) is 34.3 Å². The summed E-state index contributed by atoms with van der Waals surface area (Å²) in [5.41, 5.74) is 2.83. The number of carbonyl (C=O) groups is 2. The van der Waals surface area contributed by atoms with Crippen LogP contribution in [0.3, 0.4) is 0 Å². The van der Waals surface area contributed by atoms with Gasteiger partial charge in [-0.1, -0.05) is 49.2 Å². The number of amides is 2. The Kier molecular flexibility index (Phi) is 9.66. The maximum absolute atomic E-state index is 13.2. The van der Waals surface area contributed by atoms with Crippen LogP contribution in [0, 0.1) is 13.8 Å². The Morgan fingerprint density at radius 3 is 2.32 bits per heavy atom. The van der Waals surface area contributed by atoms with E-state index in [0.717, 1.165) is 17.5 Å². The molecule has 0 aliphatic rings. The lowest BCUT2D eigenvalue weighted by Gasteiger charge is -2.31. The van der Waals surface area contributed by atoms with Crippen LogP contribution in [0.4, 0.5) is 0 Å². The quantitative estimate of drug-likeness (QED) is 0.517. The van der Waals surface area contributed by atoms with Crippen LogP contribution in [-0.4, -0.2) is 35.9 Å². The lowest BCUT2D eigenvalue weighted by atomic mass is 10.1. The van der Waals surface area contributed by atoms with Crippen LogP contribution >= 0.6 is 23.2 Å². The zero-order chi connectivity index (χ0) is 23.0. The Balaban J connectivity index is 2.27. The molecule has 0 unspecified atom stereocenters. The van der Waals surface area contributed by atoms with Crippen LogP contribution < -0.4 is 10.1 Å². The molecule has 5 nitrogen and oxygen atoms in total.